The first-order valence-corrected chi connectivity index (χ1v) is 11.1. The summed E-state index contributed by atoms with van der Waals surface area (Å²) in [4.78, 5) is 38.7. The van der Waals surface area contributed by atoms with Crippen LogP contribution >= 0.6 is 0 Å². The first-order chi connectivity index (χ1) is 16.7. The van der Waals surface area contributed by atoms with Gasteiger partial charge in [-0.1, -0.05) is 12.1 Å². The molecule has 0 aliphatic heterocycles. The Morgan fingerprint density at radius 2 is 1.66 bits per heavy atom. The molecule has 0 aliphatic carbocycles. The molecule has 0 atom stereocenters. The number of esters is 2. The van der Waals surface area contributed by atoms with E-state index in [2.05, 4.69) is 0 Å². The highest BCUT2D eigenvalue weighted by molar-refractivity contribution is 5.99. The number of nitrogen functional groups attached to an aromatic ring is 1. The van der Waals surface area contributed by atoms with E-state index in [0.29, 0.717) is 47.6 Å². The standard InChI is InChI=1S/C26H31N3O6/c1-4-34-23(30)17-29(14-5-15-33-3)25(31)18(2)16-19-6-8-21(9-7-19)26(32)35-22-12-10-20(11-13-22)24(27)28/h6-13,16H,4-5,14-15,17H2,1-3H3,(H3,27,28). The third-order valence-corrected chi connectivity index (χ3v) is 4.93. The minimum atomic E-state index is -0.539. The van der Waals surface area contributed by atoms with Gasteiger partial charge in [-0.25, -0.2) is 4.79 Å². The predicted octanol–water partition coefficient (Wildman–Crippen LogP) is 3.02. The minimum absolute atomic E-state index is 0.0701. The van der Waals surface area contributed by atoms with Gasteiger partial charge in [-0.05, 0) is 68.3 Å². The van der Waals surface area contributed by atoms with Gasteiger partial charge in [0.2, 0.25) is 5.91 Å². The molecule has 0 aliphatic rings. The maximum absolute atomic E-state index is 12.9. The van der Waals surface area contributed by atoms with Crippen LogP contribution in [0.15, 0.2) is 54.1 Å². The summed E-state index contributed by atoms with van der Waals surface area (Å²) in [5.74, 6) is -1.03. The monoisotopic (exact) mass is 481 g/mol. The highest BCUT2D eigenvalue weighted by atomic mass is 16.5. The minimum Gasteiger partial charge on any atom is -0.465 e. The lowest BCUT2D eigenvalue weighted by Gasteiger charge is -2.22. The van der Waals surface area contributed by atoms with Gasteiger partial charge >= 0.3 is 11.9 Å². The Kier molecular flexibility index (Phi) is 10.6. The maximum atomic E-state index is 12.9. The summed E-state index contributed by atoms with van der Waals surface area (Å²) in [6.45, 7) is 4.31. The number of benzene rings is 2. The van der Waals surface area contributed by atoms with Crippen molar-refractivity contribution < 1.29 is 28.6 Å². The van der Waals surface area contributed by atoms with E-state index in [1.54, 1.807) is 75.6 Å². The first kappa shape index (κ1) is 27.3. The number of methoxy groups -OCH3 is 1. The summed E-state index contributed by atoms with van der Waals surface area (Å²) in [5.41, 5.74) is 7.44. The second kappa shape index (κ2) is 13.7. The highest BCUT2D eigenvalue weighted by Gasteiger charge is 2.19. The molecule has 0 spiro atoms. The zero-order valence-electron chi connectivity index (χ0n) is 20.2. The zero-order chi connectivity index (χ0) is 25.8. The van der Waals surface area contributed by atoms with Crippen molar-refractivity contribution in [1.29, 1.82) is 5.41 Å². The molecule has 35 heavy (non-hydrogen) atoms. The van der Waals surface area contributed by atoms with Crippen molar-refractivity contribution in [3.8, 4) is 5.75 Å². The number of hydrogen-bond acceptors (Lipinski definition) is 7. The number of nitrogens with zero attached hydrogens (tertiary/aromatic N) is 1. The molecule has 0 saturated heterocycles. The molecule has 9 nitrogen and oxygen atoms in total. The second-order valence-corrected chi connectivity index (χ2v) is 7.66. The topological polar surface area (TPSA) is 132 Å². The maximum Gasteiger partial charge on any atom is 0.343 e. The Morgan fingerprint density at radius 3 is 2.23 bits per heavy atom. The van der Waals surface area contributed by atoms with E-state index in [0.717, 1.165) is 0 Å². The highest BCUT2D eigenvalue weighted by Crippen LogP contribution is 2.16. The fourth-order valence-electron chi connectivity index (χ4n) is 3.16. The number of rotatable bonds is 12. The molecule has 3 N–H and O–H groups in total. The number of nitrogens with two attached hydrogens (primary N) is 1. The summed E-state index contributed by atoms with van der Waals surface area (Å²) < 4.78 is 15.4. The summed E-state index contributed by atoms with van der Waals surface area (Å²) in [6.07, 6.45) is 2.27. The molecule has 0 heterocycles. The van der Waals surface area contributed by atoms with E-state index >= 15 is 0 Å². The SMILES string of the molecule is CCOC(=O)CN(CCCOC)C(=O)C(C)=Cc1ccc(C(=O)Oc2ccc(C(=N)N)cc2)cc1. The van der Waals surface area contributed by atoms with Crippen molar-refractivity contribution >= 4 is 29.8 Å². The second-order valence-electron chi connectivity index (χ2n) is 7.66. The summed E-state index contributed by atoms with van der Waals surface area (Å²) in [6, 6.07) is 12.9. The fourth-order valence-corrected chi connectivity index (χ4v) is 3.16. The van der Waals surface area contributed by atoms with Crippen molar-refractivity contribution in [1.82, 2.24) is 4.90 Å². The lowest BCUT2D eigenvalue weighted by molar-refractivity contribution is -0.148. The molecule has 2 aromatic carbocycles. The van der Waals surface area contributed by atoms with E-state index < -0.39 is 11.9 Å². The molecule has 0 aromatic heterocycles. The van der Waals surface area contributed by atoms with Gasteiger partial charge < -0.3 is 24.8 Å². The van der Waals surface area contributed by atoms with Gasteiger partial charge in [0.15, 0.2) is 0 Å². The van der Waals surface area contributed by atoms with Gasteiger partial charge in [-0.2, -0.15) is 0 Å². The van der Waals surface area contributed by atoms with Crippen molar-refractivity contribution in [2.75, 3.05) is 33.4 Å². The summed E-state index contributed by atoms with van der Waals surface area (Å²) >= 11 is 0. The zero-order valence-corrected chi connectivity index (χ0v) is 20.2. The van der Waals surface area contributed by atoms with Crippen LogP contribution in [0, 0.1) is 5.41 Å². The molecule has 9 heteroatoms. The Hall–Kier alpha value is -3.98. The Morgan fingerprint density at radius 1 is 1.03 bits per heavy atom. The van der Waals surface area contributed by atoms with E-state index in [1.807, 2.05) is 0 Å². The molecule has 186 valence electrons. The van der Waals surface area contributed by atoms with Crippen LogP contribution in [0.25, 0.3) is 6.08 Å². The van der Waals surface area contributed by atoms with Crippen molar-refractivity contribution in [2.24, 2.45) is 5.73 Å². The number of nitrogens with one attached hydrogen (secondary N) is 1. The molecule has 0 saturated carbocycles. The van der Waals surface area contributed by atoms with Crippen LogP contribution < -0.4 is 10.5 Å². The molecule has 2 aromatic rings. The van der Waals surface area contributed by atoms with Gasteiger partial charge in [0.05, 0.1) is 12.2 Å². The molecule has 0 unspecified atom stereocenters. The molecule has 0 bridgehead atoms. The molecule has 1 amide bonds. The van der Waals surface area contributed by atoms with Crippen LogP contribution in [0.5, 0.6) is 5.75 Å². The van der Waals surface area contributed by atoms with Gasteiger partial charge in [0, 0.05) is 31.4 Å². The molecule has 2 rings (SSSR count). The smallest absolute Gasteiger partial charge is 0.343 e. The third-order valence-electron chi connectivity index (χ3n) is 4.93. The number of carbonyl (C=O) groups is 3. The first-order valence-electron chi connectivity index (χ1n) is 11.1. The van der Waals surface area contributed by atoms with Crippen molar-refractivity contribution in [2.45, 2.75) is 20.3 Å². The number of ether oxygens (including phenoxy) is 3. The van der Waals surface area contributed by atoms with Crippen molar-refractivity contribution in [3.05, 3.63) is 70.8 Å². The van der Waals surface area contributed by atoms with E-state index in [4.69, 9.17) is 25.4 Å². The quantitative estimate of drug-likeness (QED) is 0.119. The van der Waals surface area contributed by atoms with Gasteiger partial charge in [-0.15, -0.1) is 0 Å². The molecule has 0 fully saturated rings. The summed E-state index contributed by atoms with van der Waals surface area (Å²) in [7, 11) is 1.58. The number of amidine groups is 1. The molecular formula is C26H31N3O6. The Labute approximate surface area is 205 Å². The normalized spacial score (nSPS) is 11.0. The Bertz CT molecular complexity index is 1060. The van der Waals surface area contributed by atoms with Crippen molar-refractivity contribution in [3.63, 3.8) is 0 Å². The summed E-state index contributed by atoms with van der Waals surface area (Å²) in [5, 5.41) is 7.40. The Balaban J connectivity index is 2.06. The van der Waals surface area contributed by atoms with Crippen LogP contribution in [-0.4, -0.2) is 62.0 Å². The van der Waals surface area contributed by atoms with Crippen LogP contribution in [0.2, 0.25) is 0 Å². The van der Waals surface area contributed by atoms with Gasteiger partial charge in [-0.3, -0.25) is 15.0 Å². The third kappa shape index (κ3) is 8.71. The van der Waals surface area contributed by atoms with Gasteiger partial charge in [0.25, 0.3) is 0 Å². The fraction of sp³-hybridized carbons (Fsp3) is 0.308. The largest absolute Gasteiger partial charge is 0.465 e. The average Bonchev–Trinajstić information content (AvgIpc) is 2.84. The van der Waals surface area contributed by atoms with Gasteiger partial charge in [0.1, 0.15) is 18.1 Å². The lowest BCUT2D eigenvalue weighted by Crippen LogP contribution is -2.38. The van der Waals surface area contributed by atoms with Crippen LogP contribution in [-0.2, 0) is 19.1 Å². The van der Waals surface area contributed by atoms with Crippen LogP contribution in [0.1, 0.15) is 41.8 Å². The number of hydrogen-bond donors (Lipinski definition) is 2. The number of amides is 1. The van der Waals surface area contributed by atoms with Crippen LogP contribution in [0.3, 0.4) is 0 Å². The van der Waals surface area contributed by atoms with Crippen LogP contribution in [0.4, 0.5) is 0 Å². The van der Waals surface area contributed by atoms with E-state index in [1.165, 1.54) is 4.90 Å². The molecule has 0 radical (unpaired) electrons. The lowest BCUT2D eigenvalue weighted by atomic mass is 10.1. The number of carbonyl (C=O) groups excluding carboxylic acids is 3. The average molecular weight is 482 g/mol. The predicted molar refractivity (Wildman–Crippen MR) is 132 cm³/mol. The van der Waals surface area contributed by atoms with E-state index in [-0.39, 0.29) is 24.9 Å². The van der Waals surface area contributed by atoms with E-state index in [9.17, 15) is 14.4 Å². The molecular weight excluding hydrogens is 450 g/mol.